The second kappa shape index (κ2) is 24.3. The molecule has 0 saturated carbocycles. The maximum Gasteiger partial charge on any atom is 0.513 e. The molecule has 0 saturated heterocycles. The largest absolute Gasteiger partial charge is 0.513 e. The predicted octanol–water partition coefficient (Wildman–Crippen LogP) is 8.54. The highest BCUT2D eigenvalue weighted by atomic mass is 31.2. The fraction of sp³-hybridized carbons (Fsp3) is 0.781. The minimum atomic E-state index is -3.21. The zero-order chi connectivity index (χ0) is 30.9. The Morgan fingerprint density at radius 3 is 2.05 bits per heavy atom. The van der Waals surface area contributed by atoms with Gasteiger partial charge in [0.2, 0.25) is 0 Å². The second-order valence-corrected chi connectivity index (χ2v) is 13.8. The fourth-order valence-electron chi connectivity index (χ4n) is 4.38. The van der Waals surface area contributed by atoms with Crippen molar-refractivity contribution in [2.75, 3.05) is 32.6 Å². The van der Waals surface area contributed by atoms with Crippen LogP contribution < -0.4 is 10.3 Å². The van der Waals surface area contributed by atoms with Gasteiger partial charge in [0.25, 0.3) is 18.9 Å². The molecule has 0 aromatic carbocycles. The molecule has 0 radical (unpaired) electrons. The van der Waals surface area contributed by atoms with Gasteiger partial charge in [-0.1, -0.05) is 103 Å². The first kappa shape index (κ1) is 37.9. The van der Waals surface area contributed by atoms with Crippen LogP contribution in [0, 0.1) is 0 Å². The Morgan fingerprint density at radius 2 is 1.45 bits per heavy atom. The Balaban J connectivity index is 2.12. The number of unbranched alkanes of at least 4 members (excludes halogenated alkanes) is 13. The smallest absolute Gasteiger partial charge is 0.465 e. The number of nitrogens with zero attached hydrogens (tertiary/aromatic N) is 2. The van der Waals surface area contributed by atoms with E-state index in [1.54, 1.807) is 26.0 Å². The molecule has 0 amide bonds. The quantitative estimate of drug-likeness (QED) is 0.0443. The number of allylic oxidation sites excluding steroid dienone is 2. The van der Waals surface area contributed by atoms with Crippen LogP contribution in [-0.4, -0.2) is 54.5 Å². The van der Waals surface area contributed by atoms with Crippen LogP contribution in [0.3, 0.4) is 0 Å². The van der Waals surface area contributed by atoms with Crippen LogP contribution in [0.15, 0.2) is 29.2 Å². The van der Waals surface area contributed by atoms with Crippen LogP contribution in [0.25, 0.3) is 0 Å². The van der Waals surface area contributed by atoms with E-state index in [1.165, 1.54) is 107 Å². The summed E-state index contributed by atoms with van der Waals surface area (Å²) in [5.74, 6) is 0. The van der Waals surface area contributed by atoms with Gasteiger partial charge in [-0.3, -0.25) is 13.9 Å². The lowest BCUT2D eigenvalue weighted by atomic mass is 10.0. The van der Waals surface area contributed by atoms with Crippen LogP contribution in [0.5, 0.6) is 6.01 Å². The van der Waals surface area contributed by atoms with Gasteiger partial charge in [-0.2, -0.15) is 0 Å². The van der Waals surface area contributed by atoms with Gasteiger partial charge in [0, 0.05) is 45.1 Å². The van der Waals surface area contributed by atoms with Gasteiger partial charge in [0.05, 0.1) is 18.9 Å². The van der Waals surface area contributed by atoms with E-state index >= 15 is 0 Å². The van der Waals surface area contributed by atoms with E-state index in [0.29, 0.717) is 19.6 Å². The lowest BCUT2D eigenvalue weighted by molar-refractivity contribution is 0.0743. The molecule has 1 aromatic rings. The van der Waals surface area contributed by atoms with Gasteiger partial charge < -0.3 is 18.7 Å². The monoisotopic (exact) mass is 612 g/mol. The molecular formula is C32H57N2O7P. The number of rotatable bonds is 26. The summed E-state index contributed by atoms with van der Waals surface area (Å²) in [6.45, 7) is 8.93. The SMILES string of the molecule is CCCCCCCCCCCCCCCCOCCCOc1nccc(=O)n1CC=CCP(C)(=O)OC(=O)OC(C)C. The molecule has 42 heavy (non-hydrogen) atoms. The zero-order valence-electron chi connectivity index (χ0n) is 26.7. The van der Waals surface area contributed by atoms with Crippen molar-refractivity contribution in [2.45, 2.75) is 130 Å². The Morgan fingerprint density at radius 1 is 0.881 bits per heavy atom. The summed E-state index contributed by atoms with van der Waals surface area (Å²) >= 11 is 0. The maximum absolute atomic E-state index is 12.5. The van der Waals surface area contributed by atoms with E-state index < -0.39 is 13.5 Å². The summed E-state index contributed by atoms with van der Waals surface area (Å²) in [5.41, 5.74) is -0.254. The molecule has 1 rings (SSSR count). The van der Waals surface area contributed by atoms with Crippen molar-refractivity contribution in [3.05, 3.63) is 34.8 Å². The first-order valence-electron chi connectivity index (χ1n) is 16.1. The highest BCUT2D eigenvalue weighted by Crippen LogP contribution is 2.42. The molecule has 9 nitrogen and oxygen atoms in total. The van der Waals surface area contributed by atoms with Crippen LogP contribution in [-0.2, 0) is 25.1 Å². The molecule has 0 bridgehead atoms. The molecule has 10 heteroatoms. The van der Waals surface area contributed by atoms with Crippen LogP contribution in [0.1, 0.15) is 117 Å². The van der Waals surface area contributed by atoms with Crippen molar-refractivity contribution in [1.29, 1.82) is 0 Å². The topological polar surface area (TPSA) is 106 Å². The first-order chi connectivity index (χ1) is 20.2. The molecule has 0 aliphatic rings. The number of aromatic nitrogens is 2. The third kappa shape index (κ3) is 20.7. The van der Waals surface area contributed by atoms with E-state index in [0.717, 1.165) is 13.0 Å². The average Bonchev–Trinajstić information content (AvgIpc) is 2.92. The van der Waals surface area contributed by atoms with Gasteiger partial charge in [0.15, 0.2) is 0 Å². The standard InChI is InChI=1S/C32H57N2O7P/c1-5-6-7-8-9-10-11-12-13-14-15-16-17-19-25-38-26-21-27-39-31-33-23-22-30(35)34(31)24-18-20-28-42(4,37)41-32(36)40-29(2)3/h18,20,22-23,29H,5-17,19,21,24-28H2,1-4H3. The van der Waals surface area contributed by atoms with E-state index in [9.17, 15) is 14.2 Å². The summed E-state index contributed by atoms with van der Waals surface area (Å²) in [6.07, 6.45) is 22.9. The van der Waals surface area contributed by atoms with Gasteiger partial charge >= 0.3 is 6.16 Å². The highest BCUT2D eigenvalue weighted by Gasteiger charge is 2.21. The number of hydrogen-bond acceptors (Lipinski definition) is 8. The molecule has 0 N–H and O–H groups in total. The van der Waals surface area contributed by atoms with Gasteiger partial charge in [0.1, 0.15) is 0 Å². The first-order valence-corrected chi connectivity index (χ1v) is 18.4. The normalized spacial score (nSPS) is 13.0. The number of hydrogen-bond donors (Lipinski definition) is 0. The minimum Gasteiger partial charge on any atom is -0.465 e. The van der Waals surface area contributed by atoms with E-state index in [-0.39, 0.29) is 30.4 Å². The van der Waals surface area contributed by atoms with E-state index in [1.807, 2.05) is 0 Å². The van der Waals surface area contributed by atoms with Gasteiger partial charge in [-0.05, 0) is 20.3 Å². The third-order valence-electron chi connectivity index (χ3n) is 6.70. The van der Waals surface area contributed by atoms with Gasteiger partial charge in [-0.25, -0.2) is 9.78 Å². The molecule has 0 aliphatic carbocycles. The number of carbonyl (C=O) groups is 1. The maximum atomic E-state index is 12.5. The van der Waals surface area contributed by atoms with Crippen molar-refractivity contribution in [2.24, 2.45) is 0 Å². The minimum absolute atomic E-state index is 0.0298. The molecule has 1 aromatic heterocycles. The van der Waals surface area contributed by atoms with Crippen LogP contribution >= 0.6 is 7.37 Å². The van der Waals surface area contributed by atoms with Crippen molar-refractivity contribution < 1.29 is 28.1 Å². The summed E-state index contributed by atoms with van der Waals surface area (Å²) in [7, 11) is -3.21. The Labute approximate surface area is 254 Å². The van der Waals surface area contributed by atoms with Crippen molar-refractivity contribution >= 4 is 13.5 Å². The summed E-state index contributed by atoms with van der Waals surface area (Å²) < 4.78 is 35.1. The third-order valence-corrected chi connectivity index (χ3v) is 8.11. The zero-order valence-corrected chi connectivity index (χ0v) is 27.6. The van der Waals surface area contributed by atoms with Crippen molar-refractivity contribution in [1.82, 2.24) is 9.55 Å². The van der Waals surface area contributed by atoms with Crippen LogP contribution in [0.2, 0.25) is 0 Å². The summed E-state index contributed by atoms with van der Waals surface area (Å²) in [5, 5.41) is 0. The summed E-state index contributed by atoms with van der Waals surface area (Å²) in [6, 6.07) is 1.58. The molecule has 0 spiro atoms. The predicted molar refractivity (Wildman–Crippen MR) is 170 cm³/mol. The Bertz CT molecular complexity index is 964. The fourth-order valence-corrected chi connectivity index (χ4v) is 5.35. The molecule has 0 fully saturated rings. The lowest BCUT2D eigenvalue weighted by Gasteiger charge is -2.13. The molecule has 0 aliphatic heterocycles. The lowest BCUT2D eigenvalue weighted by Crippen LogP contribution is -2.22. The van der Waals surface area contributed by atoms with Crippen molar-refractivity contribution in [3.8, 4) is 6.01 Å². The highest BCUT2D eigenvalue weighted by molar-refractivity contribution is 7.58. The molecule has 1 heterocycles. The van der Waals surface area contributed by atoms with E-state index in [4.69, 9.17) is 18.7 Å². The van der Waals surface area contributed by atoms with Crippen LogP contribution in [0.4, 0.5) is 4.79 Å². The Hall–Kier alpha value is -2.12. The summed E-state index contributed by atoms with van der Waals surface area (Å²) in [4.78, 5) is 28.1. The van der Waals surface area contributed by atoms with Gasteiger partial charge in [-0.15, -0.1) is 0 Å². The van der Waals surface area contributed by atoms with Crippen molar-refractivity contribution in [3.63, 3.8) is 0 Å². The second-order valence-electron chi connectivity index (χ2n) is 11.3. The number of ether oxygens (including phenoxy) is 3. The Kier molecular flexibility index (Phi) is 22.0. The molecule has 1 atom stereocenters. The number of carbonyl (C=O) groups excluding carboxylic acids is 1. The molecule has 242 valence electrons. The average molecular weight is 613 g/mol. The van der Waals surface area contributed by atoms with E-state index in [2.05, 4.69) is 11.9 Å². The molecular weight excluding hydrogens is 555 g/mol. The molecule has 1 unspecified atom stereocenters.